The highest BCUT2D eigenvalue weighted by molar-refractivity contribution is 5.70. The molecule has 0 atom stereocenters. The zero-order valence-corrected chi connectivity index (χ0v) is 17.7. The number of halogens is 2. The van der Waals surface area contributed by atoms with Crippen molar-refractivity contribution < 1.29 is 18.3 Å². The summed E-state index contributed by atoms with van der Waals surface area (Å²) in [4.78, 5) is 19.4. The molecule has 164 valence electrons. The van der Waals surface area contributed by atoms with E-state index in [4.69, 9.17) is 0 Å². The van der Waals surface area contributed by atoms with E-state index in [1.807, 2.05) is 45.2 Å². The highest BCUT2D eigenvalue weighted by Gasteiger charge is 2.22. The minimum absolute atomic E-state index is 0.0979. The Bertz CT molecular complexity index is 1070. The van der Waals surface area contributed by atoms with Gasteiger partial charge in [-0.05, 0) is 50.1 Å². The summed E-state index contributed by atoms with van der Waals surface area (Å²) in [6.45, 7) is 6.10. The summed E-state index contributed by atoms with van der Waals surface area (Å²) in [6.07, 6.45) is 1.71. The second-order valence-corrected chi connectivity index (χ2v) is 7.75. The molecule has 0 saturated carbocycles. The van der Waals surface area contributed by atoms with Crippen LogP contribution in [0.3, 0.4) is 0 Å². The van der Waals surface area contributed by atoms with Crippen molar-refractivity contribution in [1.82, 2.24) is 25.1 Å². The predicted molar refractivity (Wildman–Crippen MR) is 112 cm³/mol. The van der Waals surface area contributed by atoms with Crippen LogP contribution in [-0.4, -0.2) is 38.5 Å². The Morgan fingerprint density at radius 2 is 2.03 bits per heavy atom. The van der Waals surface area contributed by atoms with Gasteiger partial charge in [0.2, 0.25) is 5.95 Å². The molecule has 1 amide bonds. The molecule has 2 N–H and O–H groups in total. The molecular formula is C21H24F2N6O2. The molecule has 0 bridgehead atoms. The van der Waals surface area contributed by atoms with E-state index in [1.165, 1.54) is 19.4 Å². The van der Waals surface area contributed by atoms with Crippen molar-refractivity contribution in [3.8, 4) is 11.1 Å². The van der Waals surface area contributed by atoms with E-state index in [0.29, 0.717) is 12.2 Å². The van der Waals surface area contributed by atoms with Crippen LogP contribution in [0.4, 0.5) is 25.2 Å². The Kier molecular flexibility index (Phi) is 6.47. The monoisotopic (exact) mass is 430 g/mol. The maximum Gasteiger partial charge on any atom is 0.407 e. The van der Waals surface area contributed by atoms with E-state index in [1.54, 1.807) is 10.9 Å². The van der Waals surface area contributed by atoms with Gasteiger partial charge in [-0.2, -0.15) is 5.10 Å². The number of nitrogens with one attached hydrogen (secondary N) is 2. The number of aryl methyl sites for hydroxylation is 1. The molecule has 0 unspecified atom stereocenters. The van der Waals surface area contributed by atoms with Crippen molar-refractivity contribution in [2.45, 2.75) is 39.3 Å². The first-order valence-electron chi connectivity index (χ1n) is 9.54. The Labute approximate surface area is 178 Å². The fourth-order valence-electron chi connectivity index (χ4n) is 3.08. The van der Waals surface area contributed by atoms with Crippen LogP contribution in [0.25, 0.3) is 11.1 Å². The molecule has 0 fully saturated rings. The molecule has 0 radical (unpaired) electrons. The van der Waals surface area contributed by atoms with E-state index >= 15 is 0 Å². The number of alkyl halides is 2. The SMILES string of the molecule is COC(=O)NC(C)(C)Cn1cc(-c2cc(C)cc(Nc3nccc(C(F)F)n3)c2)cn1. The molecule has 3 rings (SSSR count). The molecule has 2 heterocycles. The molecule has 0 spiro atoms. The lowest BCUT2D eigenvalue weighted by atomic mass is 10.1. The molecule has 0 saturated heterocycles. The van der Waals surface area contributed by atoms with E-state index in [0.717, 1.165) is 16.7 Å². The fourth-order valence-corrected chi connectivity index (χ4v) is 3.08. The third-order valence-electron chi connectivity index (χ3n) is 4.38. The first kappa shape index (κ1) is 22.1. The molecule has 1 aromatic carbocycles. The van der Waals surface area contributed by atoms with Gasteiger partial charge in [0.25, 0.3) is 6.43 Å². The molecule has 0 aliphatic rings. The molecule has 0 aliphatic carbocycles. The van der Waals surface area contributed by atoms with Crippen molar-refractivity contribution in [3.05, 3.63) is 54.1 Å². The number of carbonyl (C=O) groups excluding carboxylic acids is 1. The van der Waals surface area contributed by atoms with E-state index in [-0.39, 0.29) is 11.6 Å². The summed E-state index contributed by atoms with van der Waals surface area (Å²) < 4.78 is 32.2. The third-order valence-corrected chi connectivity index (χ3v) is 4.38. The van der Waals surface area contributed by atoms with Crippen molar-refractivity contribution >= 4 is 17.7 Å². The Morgan fingerprint density at radius 3 is 2.74 bits per heavy atom. The highest BCUT2D eigenvalue weighted by Crippen LogP contribution is 2.26. The van der Waals surface area contributed by atoms with Crippen LogP contribution in [0.5, 0.6) is 0 Å². The first-order chi connectivity index (χ1) is 14.6. The van der Waals surface area contributed by atoms with Crippen LogP contribution >= 0.6 is 0 Å². The summed E-state index contributed by atoms with van der Waals surface area (Å²) in [5.41, 5.74) is 2.48. The van der Waals surface area contributed by atoms with Crippen molar-refractivity contribution in [2.75, 3.05) is 12.4 Å². The number of hydrogen-bond donors (Lipinski definition) is 2. The second-order valence-electron chi connectivity index (χ2n) is 7.75. The van der Waals surface area contributed by atoms with Gasteiger partial charge in [0.15, 0.2) is 0 Å². The van der Waals surface area contributed by atoms with E-state index < -0.39 is 18.1 Å². The number of aromatic nitrogens is 4. The predicted octanol–water partition coefficient (Wildman–Crippen LogP) is 4.46. The topological polar surface area (TPSA) is 94.0 Å². The Balaban J connectivity index is 1.79. The number of methoxy groups -OCH3 is 1. The number of alkyl carbamates (subject to hydrolysis) is 1. The maximum atomic E-state index is 12.9. The largest absolute Gasteiger partial charge is 0.453 e. The standard InChI is InChI=1S/C21H24F2N6O2/c1-13-7-14(9-16(8-13)26-19-24-6-5-17(27-19)18(22)23)15-10-25-29(11-15)12-21(2,3)28-20(30)31-4/h5-11,18H,12H2,1-4H3,(H,28,30)(H,24,26,27). The number of nitrogens with zero attached hydrogens (tertiary/aromatic N) is 4. The quantitative estimate of drug-likeness (QED) is 0.575. The van der Waals surface area contributed by atoms with Crippen LogP contribution in [-0.2, 0) is 11.3 Å². The summed E-state index contributed by atoms with van der Waals surface area (Å²) in [5, 5.41) is 10.1. The molecule has 31 heavy (non-hydrogen) atoms. The third kappa shape index (κ3) is 5.97. The lowest BCUT2D eigenvalue weighted by Gasteiger charge is -2.25. The Morgan fingerprint density at radius 1 is 1.26 bits per heavy atom. The minimum atomic E-state index is -2.67. The van der Waals surface area contributed by atoms with Gasteiger partial charge in [0.1, 0.15) is 5.69 Å². The number of benzene rings is 1. The number of anilines is 2. The van der Waals surface area contributed by atoms with Gasteiger partial charge in [0.05, 0.1) is 25.4 Å². The van der Waals surface area contributed by atoms with Gasteiger partial charge >= 0.3 is 6.09 Å². The molecule has 10 heteroatoms. The summed E-state index contributed by atoms with van der Waals surface area (Å²) >= 11 is 0. The number of hydrogen-bond acceptors (Lipinski definition) is 6. The number of amides is 1. The number of carbonyl (C=O) groups is 1. The van der Waals surface area contributed by atoms with Crippen LogP contribution in [0.15, 0.2) is 42.9 Å². The summed E-state index contributed by atoms with van der Waals surface area (Å²) in [6, 6.07) is 6.91. The van der Waals surface area contributed by atoms with Crippen LogP contribution in [0, 0.1) is 6.92 Å². The average molecular weight is 430 g/mol. The van der Waals surface area contributed by atoms with E-state index in [9.17, 15) is 13.6 Å². The minimum Gasteiger partial charge on any atom is -0.453 e. The maximum absolute atomic E-state index is 12.9. The molecule has 2 aromatic heterocycles. The van der Waals surface area contributed by atoms with Gasteiger partial charge < -0.3 is 15.4 Å². The van der Waals surface area contributed by atoms with Gasteiger partial charge in [-0.15, -0.1) is 0 Å². The zero-order chi connectivity index (χ0) is 22.6. The zero-order valence-electron chi connectivity index (χ0n) is 17.7. The first-order valence-corrected chi connectivity index (χ1v) is 9.54. The lowest BCUT2D eigenvalue weighted by molar-refractivity contribution is 0.146. The summed E-state index contributed by atoms with van der Waals surface area (Å²) in [5.74, 6) is 0.0979. The van der Waals surface area contributed by atoms with Crippen LogP contribution < -0.4 is 10.6 Å². The second kappa shape index (κ2) is 9.07. The molecular weight excluding hydrogens is 406 g/mol. The molecule has 8 nitrogen and oxygen atoms in total. The average Bonchev–Trinajstić information content (AvgIpc) is 3.15. The van der Waals surface area contributed by atoms with Crippen LogP contribution in [0.1, 0.15) is 31.5 Å². The number of ether oxygens (including phenoxy) is 1. The van der Waals surface area contributed by atoms with Crippen LogP contribution in [0.2, 0.25) is 0 Å². The lowest BCUT2D eigenvalue weighted by Crippen LogP contribution is -2.46. The van der Waals surface area contributed by atoms with Gasteiger partial charge in [-0.1, -0.05) is 6.07 Å². The number of rotatable bonds is 7. The van der Waals surface area contributed by atoms with Crippen molar-refractivity contribution in [3.63, 3.8) is 0 Å². The highest BCUT2D eigenvalue weighted by atomic mass is 19.3. The van der Waals surface area contributed by atoms with Crippen molar-refractivity contribution in [1.29, 1.82) is 0 Å². The van der Waals surface area contributed by atoms with Gasteiger partial charge in [0, 0.05) is 23.6 Å². The van der Waals surface area contributed by atoms with E-state index in [2.05, 4.69) is 30.4 Å². The Hall–Kier alpha value is -3.56. The molecule has 0 aliphatic heterocycles. The van der Waals surface area contributed by atoms with Gasteiger partial charge in [-0.3, -0.25) is 4.68 Å². The van der Waals surface area contributed by atoms with Crippen molar-refractivity contribution in [2.24, 2.45) is 0 Å². The fraction of sp³-hybridized carbons (Fsp3) is 0.333. The summed E-state index contributed by atoms with van der Waals surface area (Å²) in [7, 11) is 1.32. The normalized spacial score (nSPS) is 11.5. The van der Waals surface area contributed by atoms with Gasteiger partial charge in [-0.25, -0.2) is 23.5 Å². The smallest absolute Gasteiger partial charge is 0.407 e. The molecule has 3 aromatic rings.